The molecule has 0 unspecified atom stereocenters. The number of carbonyl (C=O) groups is 1. The summed E-state index contributed by atoms with van der Waals surface area (Å²) in [6, 6.07) is 15.2. The van der Waals surface area contributed by atoms with Crippen molar-refractivity contribution < 1.29 is 4.79 Å². The number of hydrogen-bond donors (Lipinski definition) is 1. The van der Waals surface area contributed by atoms with E-state index in [2.05, 4.69) is 54.0 Å². The van der Waals surface area contributed by atoms with Crippen LogP contribution in [0.15, 0.2) is 53.0 Å². The summed E-state index contributed by atoms with van der Waals surface area (Å²) in [5, 5.41) is 12.2. The Kier molecular flexibility index (Phi) is 4.84. The van der Waals surface area contributed by atoms with Gasteiger partial charge in [0.05, 0.1) is 5.56 Å². The van der Waals surface area contributed by atoms with Gasteiger partial charge in [0.1, 0.15) is 5.01 Å². The molecule has 22 heavy (non-hydrogen) atoms. The molecule has 0 aliphatic carbocycles. The summed E-state index contributed by atoms with van der Waals surface area (Å²) in [6.07, 6.45) is 0. The lowest BCUT2D eigenvalue weighted by molar-refractivity contribution is 0.102. The van der Waals surface area contributed by atoms with E-state index in [9.17, 15) is 4.79 Å². The third-order valence-electron chi connectivity index (χ3n) is 2.86. The van der Waals surface area contributed by atoms with E-state index < -0.39 is 0 Å². The Labute approximate surface area is 153 Å². The molecule has 0 bridgehead atoms. The number of rotatable bonds is 3. The van der Waals surface area contributed by atoms with Crippen molar-refractivity contribution in [3.63, 3.8) is 0 Å². The van der Waals surface area contributed by atoms with Gasteiger partial charge in [-0.15, -0.1) is 10.2 Å². The van der Waals surface area contributed by atoms with Crippen molar-refractivity contribution in [2.45, 2.75) is 0 Å². The Balaban J connectivity index is 1.78. The highest BCUT2D eigenvalue weighted by molar-refractivity contribution is 14.1. The maximum atomic E-state index is 12.2. The maximum Gasteiger partial charge on any atom is 0.258 e. The van der Waals surface area contributed by atoms with E-state index in [0.29, 0.717) is 10.7 Å². The van der Waals surface area contributed by atoms with Gasteiger partial charge in [0.2, 0.25) is 5.13 Å². The third kappa shape index (κ3) is 3.53. The van der Waals surface area contributed by atoms with Crippen molar-refractivity contribution >= 4 is 60.9 Å². The first kappa shape index (κ1) is 15.6. The average Bonchev–Trinajstić information content (AvgIpc) is 2.97. The quantitative estimate of drug-likeness (QED) is 0.541. The summed E-state index contributed by atoms with van der Waals surface area (Å²) in [6.45, 7) is 0. The fraction of sp³-hybridized carbons (Fsp3) is 0. The molecule has 0 spiro atoms. The molecule has 1 N–H and O–H groups in total. The minimum atomic E-state index is -0.177. The summed E-state index contributed by atoms with van der Waals surface area (Å²) in [5.41, 5.74) is 1.60. The summed E-state index contributed by atoms with van der Waals surface area (Å²) < 4.78 is 1.91. The Morgan fingerprint density at radius 2 is 1.82 bits per heavy atom. The molecule has 7 heteroatoms. The van der Waals surface area contributed by atoms with Crippen molar-refractivity contribution in [1.29, 1.82) is 0 Å². The largest absolute Gasteiger partial charge is 0.296 e. The molecular formula is C15H9BrIN3OS. The molecule has 1 amide bonds. The van der Waals surface area contributed by atoms with E-state index >= 15 is 0 Å². The second-order valence-electron chi connectivity index (χ2n) is 4.35. The van der Waals surface area contributed by atoms with Crippen molar-refractivity contribution in [3.8, 4) is 10.6 Å². The number of nitrogens with one attached hydrogen (secondary N) is 1. The molecule has 0 radical (unpaired) electrons. The molecule has 2 aromatic carbocycles. The lowest BCUT2D eigenvalue weighted by Crippen LogP contribution is -2.13. The summed E-state index contributed by atoms with van der Waals surface area (Å²) in [4.78, 5) is 12.2. The van der Waals surface area contributed by atoms with Crippen LogP contribution in [0.3, 0.4) is 0 Å². The Morgan fingerprint density at radius 3 is 2.55 bits per heavy atom. The highest BCUT2D eigenvalue weighted by Gasteiger charge is 2.13. The summed E-state index contributed by atoms with van der Waals surface area (Å²) in [7, 11) is 0. The second-order valence-corrected chi connectivity index (χ2v) is 7.41. The second kappa shape index (κ2) is 6.84. The van der Waals surface area contributed by atoms with Crippen LogP contribution in [-0.4, -0.2) is 16.1 Å². The first-order chi connectivity index (χ1) is 10.6. The zero-order chi connectivity index (χ0) is 15.5. The molecular weight excluding hydrogens is 477 g/mol. The molecule has 0 aliphatic rings. The maximum absolute atomic E-state index is 12.2. The predicted molar refractivity (Wildman–Crippen MR) is 100 cm³/mol. The predicted octanol–water partition coefficient (Wildman–Crippen LogP) is 4.82. The number of hydrogen-bond acceptors (Lipinski definition) is 4. The van der Waals surface area contributed by atoms with Crippen molar-refractivity contribution in [2.75, 3.05) is 5.32 Å². The zero-order valence-corrected chi connectivity index (χ0v) is 15.6. The van der Waals surface area contributed by atoms with E-state index in [1.54, 1.807) is 6.07 Å². The Morgan fingerprint density at radius 1 is 1.09 bits per heavy atom. The minimum Gasteiger partial charge on any atom is -0.296 e. The lowest BCUT2D eigenvalue weighted by atomic mass is 10.2. The number of amides is 1. The molecule has 0 fully saturated rings. The molecule has 4 nitrogen and oxygen atoms in total. The molecule has 0 atom stereocenters. The van der Waals surface area contributed by atoms with E-state index in [1.807, 2.05) is 42.5 Å². The van der Waals surface area contributed by atoms with E-state index in [1.165, 1.54) is 11.3 Å². The van der Waals surface area contributed by atoms with Crippen molar-refractivity contribution in [3.05, 3.63) is 62.1 Å². The Hall–Kier alpha value is -1.32. The number of nitrogens with zero attached hydrogens (tertiary/aromatic N) is 2. The van der Waals surface area contributed by atoms with Crippen LogP contribution in [-0.2, 0) is 0 Å². The number of aromatic nitrogens is 2. The molecule has 1 heterocycles. The summed E-state index contributed by atoms with van der Waals surface area (Å²) >= 11 is 6.88. The third-order valence-corrected chi connectivity index (χ3v) is 5.21. The highest BCUT2D eigenvalue weighted by atomic mass is 127. The average molecular weight is 486 g/mol. The number of benzene rings is 2. The van der Waals surface area contributed by atoms with Gasteiger partial charge in [0.15, 0.2) is 0 Å². The number of halogens is 2. The summed E-state index contributed by atoms with van der Waals surface area (Å²) in [5.74, 6) is -0.177. The first-order valence-corrected chi connectivity index (χ1v) is 8.97. The van der Waals surface area contributed by atoms with Gasteiger partial charge in [0.25, 0.3) is 5.91 Å². The van der Waals surface area contributed by atoms with Crippen molar-refractivity contribution in [2.24, 2.45) is 0 Å². The Bertz CT molecular complexity index is 820. The van der Waals surface area contributed by atoms with Gasteiger partial charge in [-0.25, -0.2) is 0 Å². The van der Waals surface area contributed by atoms with E-state index in [4.69, 9.17) is 0 Å². The standard InChI is InChI=1S/C15H9BrIN3OS/c16-10-7-5-9(6-8-10)14-19-20-15(22-14)18-13(21)11-3-1-2-4-12(11)17/h1-8H,(H,18,20,21). The molecule has 1 aromatic heterocycles. The molecule has 3 aromatic rings. The van der Waals surface area contributed by atoms with Gasteiger partial charge in [-0.3, -0.25) is 10.1 Å². The normalized spacial score (nSPS) is 10.5. The fourth-order valence-corrected chi connectivity index (χ4v) is 3.43. The van der Waals surface area contributed by atoms with E-state index in [-0.39, 0.29) is 5.91 Å². The lowest BCUT2D eigenvalue weighted by Gasteiger charge is -2.02. The fourth-order valence-electron chi connectivity index (χ4n) is 1.79. The molecule has 0 saturated carbocycles. The van der Waals surface area contributed by atoms with Crippen LogP contribution in [0.1, 0.15) is 10.4 Å². The molecule has 3 rings (SSSR count). The van der Waals surface area contributed by atoms with Crippen LogP contribution >= 0.6 is 49.9 Å². The van der Waals surface area contributed by atoms with E-state index in [0.717, 1.165) is 18.6 Å². The van der Waals surface area contributed by atoms with Crippen LogP contribution < -0.4 is 5.32 Å². The van der Waals surface area contributed by atoms with Gasteiger partial charge in [-0.05, 0) is 46.9 Å². The van der Waals surface area contributed by atoms with Gasteiger partial charge in [0, 0.05) is 13.6 Å². The van der Waals surface area contributed by atoms with Crippen LogP contribution in [0.5, 0.6) is 0 Å². The highest BCUT2D eigenvalue weighted by Crippen LogP contribution is 2.27. The van der Waals surface area contributed by atoms with Gasteiger partial charge in [-0.1, -0.05) is 51.5 Å². The topological polar surface area (TPSA) is 54.9 Å². The van der Waals surface area contributed by atoms with Gasteiger partial charge in [-0.2, -0.15) is 0 Å². The number of carbonyl (C=O) groups excluding carboxylic acids is 1. The molecule has 0 saturated heterocycles. The van der Waals surface area contributed by atoms with Gasteiger partial charge < -0.3 is 0 Å². The van der Waals surface area contributed by atoms with Crippen molar-refractivity contribution in [1.82, 2.24) is 10.2 Å². The zero-order valence-electron chi connectivity index (χ0n) is 11.1. The van der Waals surface area contributed by atoms with Gasteiger partial charge >= 0.3 is 0 Å². The first-order valence-electron chi connectivity index (χ1n) is 6.29. The molecule has 0 aliphatic heterocycles. The van der Waals surface area contributed by atoms with Crippen LogP contribution in [0.4, 0.5) is 5.13 Å². The number of anilines is 1. The van der Waals surface area contributed by atoms with Crippen LogP contribution in [0, 0.1) is 3.57 Å². The SMILES string of the molecule is O=C(Nc1nnc(-c2ccc(Br)cc2)s1)c1ccccc1I. The monoisotopic (exact) mass is 485 g/mol. The molecule has 110 valence electrons. The minimum absolute atomic E-state index is 0.177. The smallest absolute Gasteiger partial charge is 0.258 e. The van der Waals surface area contributed by atoms with Crippen LogP contribution in [0.25, 0.3) is 10.6 Å². The van der Waals surface area contributed by atoms with Crippen LogP contribution in [0.2, 0.25) is 0 Å².